The summed E-state index contributed by atoms with van der Waals surface area (Å²) in [6, 6.07) is 10.4. The van der Waals surface area contributed by atoms with Crippen LogP contribution in [0.15, 0.2) is 42.6 Å². The zero-order valence-corrected chi connectivity index (χ0v) is 17.2. The Kier molecular flexibility index (Phi) is 5.72. The number of anilines is 1. The van der Waals surface area contributed by atoms with Crippen LogP contribution in [-0.2, 0) is 4.74 Å². The molecule has 0 spiro atoms. The smallest absolute Gasteiger partial charge is 0.337 e. The summed E-state index contributed by atoms with van der Waals surface area (Å²) in [5, 5.41) is 10.7. The summed E-state index contributed by atoms with van der Waals surface area (Å²) >= 11 is 0. The highest BCUT2D eigenvalue weighted by molar-refractivity contribution is 5.94. The average Bonchev–Trinajstić information content (AvgIpc) is 3.16. The molecule has 1 saturated carbocycles. The number of ketones is 1. The van der Waals surface area contributed by atoms with Crippen molar-refractivity contribution in [2.75, 3.05) is 25.1 Å². The van der Waals surface area contributed by atoms with Gasteiger partial charge in [0.25, 0.3) is 0 Å². The number of aliphatic hydroxyl groups is 1. The first-order valence-electron chi connectivity index (χ1n) is 10.2. The number of hydrogen-bond donors (Lipinski definition) is 1. The van der Waals surface area contributed by atoms with Gasteiger partial charge < -0.3 is 19.5 Å². The zero-order chi connectivity index (χ0) is 21.3. The minimum atomic E-state index is -0.579. The van der Waals surface area contributed by atoms with Crippen molar-refractivity contribution >= 4 is 17.6 Å². The third kappa shape index (κ3) is 4.16. The van der Waals surface area contributed by atoms with E-state index in [1.165, 1.54) is 7.11 Å². The van der Waals surface area contributed by atoms with Crippen LogP contribution in [-0.4, -0.2) is 54.3 Å². The van der Waals surface area contributed by atoms with Gasteiger partial charge in [-0.05, 0) is 61.9 Å². The van der Waals surface area contributed by atoms with Crippen molar-refractivity contribution in [1.29, 1.82) is 0 Å². The third-order valence-corrected chi connectivity index (χ3v) is 6.10. The molecule has 2 aromatic rings. The fourth-order valence-electron chi connectivity index (χ4n) is 4.50. The summed E-state index contributed by atoms with van der Waals surface area (Å²) in [7, 11) is 1.34. The Hall–Kier alpha value is -2.93. The number of ether oxygens (including phenoxy) is 2. The lowest BCUT2D eigenvalue weighted by Gasteiger charge is -2.35. The van der Waals surface area contributed by atoms with Gasteiger partial charge in [-0.15, -0.1) is 0 Å². The van der Waals surface area contributed by atoms with E-state index in [-0.39, 0.29) is 11.9 Å². The minimum absolute atomic E-state index is 0.0216. The Balaban J connectivity index is 1.44. The standard InChI is InChI=1S/C23H26N2O5/c1-14(26)15-6-7-24-22(11-15)25-12-17-9-20(27)21(10-18(17)13-25)30-19-5-3-4-16(8-19)23(28)29-2/h3-8,11,17-18,20-21,27H,9-10,12-13H2,1-2H3/t17-,18+,20+,21+/m0/s1. The second kappa shape index (κ2) is 8.44. The highest BCUT2D eigenvalue weighted by Crippen LogP contribution is 2.39. The largest absolute Gasteiger partial charge is 0.488 e. The number of pyridine rings is 1. The quantitative estimate of drug-likeness (QED) is 0.599. The Labute approximate surface area is 175 Å². The topological polar surface area (TPSA) is 89.0 Å². The van der Waals surface area contributed by atoms with Crippen molar-refractivity contribution in [1.82, 2.24) is 4.98 Å². The molecule has 0 bridgehead atoms. The second-order valence-corrected chi connectivity index (χ2v) is 8.10. The number of hydrogen-bond acceptors (Lipinski definition) is 7. The van der Waals surface area contributed by atoms with E-state index in [9.17, 15) is 14.7 Å². The van der Waals surface area contributed by atoms with Gasteiger partial charge in [0.1, 0.15) is 17.7 Å². The number of benzene rings is 1. The molecule has 1 aromatic carbocycles. The first-order chi connectivity index (χ1) is 14.4. The van der Waals surface area contributed by atoms with Crippen molar-refractivity contribution in [3.05, 3.63) is 53.7 Å². The minimum Gasteiger partial charge on any atom is -0.488 e. The highest BCUT2D eigenvalue weighted by atomic mass is 16.5. The normalized spacial score (nSPS) is 25.5. The van der Waals surface area contributed by atoms with Gasteiger partial charge in [0.2, 0.25) is 0 Å². The molecule has 0 unspecified atom stereocenters. The van der Waals surface area contributed by atoms with Gasteiger partial charge in [-0.2, -0.15) is 0 Å². The van der Waals surface area contributed by atoms with E-state index in [1.54, 1.807) is 43.5 Å². The van der Waals surface area contributed by atoms with Gasteiger partial charge in [-0.1, -0.05) is 6.07 Å². The number of carbonyl (C=O) groups is 2. The number of carbonyl (C=O) groups excluding carboxylic acids is 2. The van der Waals surface area contributed by atoms with Gasteiger partial charge in [-0.3, -0.25) is 4.79 Å². The van der Waals surface area contributed by atoms with Gasteiger partial charge in [0.15, 0.2) is 5.78 Å². The molecule has 0 amide bonds. The third-order valence-electron chi connectivity index (χ3n) is 6.10. The molecule has 7 heteroatoms. The number of methoxy groups -OCH3 is 1. The predicted octanol–water partition coefficient (Wildman–Crippen LogP) is 2.73. The van der Waals surface area contributed by atoms with Crippen LogP contribution < -0.4 is 9.64 Å². The van der Waals surface area contributed by atoms with Crippen molar-refractivity contribution in [2.45, 2.75) is 32.0 Å². The SMILES string of the molecule is COC(=O)c1cccc(O[C@@H]2C[C@@H]3CN(c4cc(C(C)=O)ccn4)C[C@@H]3C[C@H]2O)c1. The van der Waals surface area contributed by atoms with Gasteiger partial charge >= 0.3 is 5.97 Å². The molecule has 158 valence electrons. The number of esters is 1. The van der Waals surface area contributed by atoms with E-state index >= 15 is 0 Å². The van der Waals surface area contributed by atoms with Crippen molar-refractivity contribution in [2.24, 2.45) is 11.8 Å². The van der Waals surface area contributed by atoms with E-state index in [4.69, 9.17) is 9.47 Å². The monoisotopic (exact) mass is 410 g/mol. The number of aromatic nitrogens is 1. The number of nitrogens with zero attached hydrogens (tertiary/aromatic N) is 2. The molecule has 1 aliphatic heterocycles. The number of aliphatic hydroxyl groups excluding tert-OH is 1. The molecular formula is C23H26N2O5. The van der Waals surface area contributed by atoms with Crippen LogP contribution >= 0.6 is 0 Å². The molecule has 0 radical (unpaired) electrons. The van der Waals surface area contributed by atoms with Gasteiger partial charge in [0, 0.05) is 24.8 Å². The van der Waals surface area contributed by atoms with Crippen LogP contribution in [0, 0.1) is 11.8 Å². The fourth-order valence-corrected chi connectivity index (χ4v) is 4.50. The summed E-state index contributed by atoms with van der Waals surface area (Å²) in [4.78, 5) is 30.1. The summed E-state index contributed by atoms with van der Waals surface area (Å²) in [6.45, 7) is 3.17. The first-order valence-corrected chi connectivity index (χ1v) is 10.2. The van der Waals surface area contributed by atoms with Crippen molar-refractivity contribution in [3.8, 4) is 5.75 Å². The molecule has 1 aliphatic carbocycles. The molecule has 2 fully saturated rings. The molecular weight excluding hydrogens is 384 g/mol. The van der Waals surface area contributed by atoms with Crippen molar-refractivity contribution < 1.29 is 24.2 Å². The van der Waals surface area contributed by atoms with E-state index in [1.807, 2.05) is 6.07 Å². The van der Waals surface area contributed by atoms with E-state index < -0.39 is 12.1 Å². The lowest BCUT2D eigenvalue weighted by molar-refractivity contribution is -0.0231. The molecule has 2 aliphatic rings. The maximum atomic E-state index is 11.7. The molecule has 2 heterocycles. The number of Topliss-reactive ketones (excluding diaryl/α,β-unsaturated/α-hetero) is 1. The maximum absolute atomic E-state index is 11.7. The van der Waals surface area contributed by atoms with Crippen LogP contribution in [0.5, 0.6) is 5.75 Å². The lowest BCUT2D eigenvalue weighted by Crippen LogP contribution is -2.42. The average molecular weight is 410 g/mol. The molecule has 1 saturated heterocycles. The maximum Gasteiger partial charge on any atom is 0.337 e. The van der Waals surface area contributed by atoms with Gasteiger partial charge in [0.05, 0.1) is 18.8 Å². The zero-order valence-electron chi connectivity index (χ0n) is 17.2. The molecule has 4 rings (SSSR count). The summed E-state index contributed by atoms with van der Waals surface area (Å²) in [6.07, 6.45) is 2.12. The summed E-state index contributed by atoms with van der Waals surface area (Å²) in [5.74, 6) is 1.67. The fraction of sp³-hybridized carbons (Fsp3) is 0.435. The van der Waals surface area contributed by atoms with Crippen LogP contribution in [0.1, 0.15) is 40.5 Å². The van der Waals surface area contributed by atoms with Crippen LogP contribution in [0.2, 0.25) is 0 Å². The molecule has 1 N–H and O–H groups in total. The molecule has 4 atom stereocenters. The Morgan fingerprint density at radius 1 is 1.10 bits per heavy atom. The van der Waals surface area contributed by atoms with Gasteiger partial charge in [-0.25, -0.2) is 9.78 Å². The Morgan fingerprint density at radius 2 is 1.87 bits per heavy atom. The summed E-state index contributed by atoms with van der Waals surface area (Å²) in [5.41, 5.74) is 1.07. The predicted molar refractivity (Wildman–Crippen MR) is 111 cm³/mol. The van der Waals surface area contributed by atoms with Crippen LogP contribution in [0.3, 0.4) is 0 Å². The van der Waals surface area contributed by atoms with Crippen LogP contribution in [0.25, 0.3) is 0 Å². The Bertz CT molecular complexity index is 947. The van der Waals surface area contributed by atoms with Crippen LogP contribution in [0.4, 0.5) is 5.82 Å². The number of rotatable bonds is 5. The molecule has 7 nitrogen and oxygen atoms in total. The van der Waals surface area contributed by atoms with E-state index in [0.717, 1.165) is 25.3 Å². The Morgan fingerprint density at radius 3 is 2.60 bits per heavy atom. The number of fused-ring (bicyclic) bond motifs is 1. The lowest BCUT2D eigenvalue weighted by atomic mass is 9.78. The first kappa shape index (κ1) is 20.3. The summed E-state index contributed by atoms with van der Waals surface area (Å²) < 4.78 is 10.8. The van der Waals surface area contributed by atoms with Crippen molar-refractivity contribution in [3.63, 3.8) is 0 Å². The molecule has 1 aromatic heterocycles. The second-order valence-electron chi connectivity index (χ2n) is 8.10. The van der Waals surface area contributed by atoms with E-state index in [2.05, 4.69) is 9.88 Å². The van der Waals surface area contributed by atoms with E-state index in [0.29, 0.717) is 35.1 Å². The highest BCUT2D eigenvalue weighted by Gasteiger charge is 2.43. The molecule has 30 heavy (non-hydrogen) atoms.